The minimum absolute atomic E-state index is 0.286. The fraction of sp³-hybridized carbons (Fsp3) is 0.400. The number of morpholine rings is 1. The summed E-state index contributed by atoms with van der Waals surface area (Å²) in [6.45, 7) is 7.51. The number of benzene rings is 2. The maximum absolute atomic E-state index is 5.47. The Bertz CT molecular complexity index is 1110. The quantitative estimate of drug-likeness (QED) is 0.521. The van der Waals surface area contributed by atoms with E-state index in [1.54, 1.807) is 0 Å². The summed E-state index contributed by atoms with van der Waals surface area (Å²) in [6, 6.07) is 18.4. The lowest BCUT2D eigenvalue weighted by Gasteiger charge is -2.34. The van der Waals surface area contributed by atoms with Crippen LogP contribution >= 0.6 is 0 Å². The molecule has 1 N–H and O–H groups in total. The summed E-state index contributed by atoms with van der Waals surface area (Å²) in [7, 11) is 2.17. The van der Waals surface area contributed by atoms with Crippen molar-refractivity contribution in [3.8, 4) is 0 Å². The Morgan fingerprint density at radius 2 is 1.57 bits per heavy atom. The second-order valence-electron chi connectivity index (χ2n) is 8.71. The second-order valence-corrected chi connectivity index (χ2v) is 8.71. The summed E-state index contributed by atoms with van der Waals surface area (Å²) < 4.78 is 5.47. The van der Waals surface area contributed by atoms with Crippen molar-refractivity contribution >= 4 is 29.2 Å². The summed E-state index contributed by atoms with van der Waals surface area (Å²) in [5.74, 6) is 1.30. The van der Waals surface area contributed by atoms with Gasteiger partial charge >= 0.3 is 0 Å². The van der Waals surface area contributed by atoms with E-state index in [0.717, 1.165) is 50.5 Å². The number of ether oxygens (including phenoxy) is 1. The summed E-state index contributed by atoms with van der Waals surface area (Å²) in [4.78, 5) is 20.5. The molecule has 0 aliphatic carbocycles. The van der Waals surface area contributed by atoms with Crippen LogP contribution < -0.4 is 15.1 Å². The fourth-order valence-corrected chi connectivity index (χ4v) is 4.07. The molecule has 0 atom stereocenters. The fourth-order valence-electron chi connectivity index (χ4n) is 4.07. The van der Waals surface area contributed by atoms with Crippen LogP contribution in [0.4, 0.5) is 29.2 Å². The van der Waals surface area contributed by atoms with Gasteiger partial charge in [0.1, 0.15) is 0 Å². The standard InChI is InChI=1S/C25H31N9O/c1-32-11-13-33(14-12-32)22-9-7-20(8-10-22)19-26-31-24-28-23(27-21-5-3-2-4-6-21)29-25(30-24)34-15-17-35-18-16-34/h2-10H,11-19H2,1H3,(H,27,28,29,30). The van der Waals surface area contributed by atoms with Crippen molar-refractivity contribution in [2.24, 2.45) is 10.2 Å². The summed E-state index contributed by atoms with van der Waals surface area (Å²) >= 11 is 0. The molecule has 3 aromatic rings. The average molecular weight is 474 g/mol. The number of hydrogen-bond donors (Lipinski definition) is 1. The highest BCUT2D eigenvalue weighted by atomic mass is 16.5. The van der Waals surface area contributed by atoms with E-state index in [0.29, 0.717) is 31.7 Å². The zero-order valence-electron chi connectivity index (χ0n) is 20.0. The Morgan fingerprint density at radius 3 is 2.31 bits per heavy atom. The van der Waals surface area contributed by atoms with Crippen molar-refractivity contribution in [1.82, 2.24) is 19.9 Å². The molecular formula is C25H31N9O. The Balaban J connectivity index is 1.28. The maximum Gasteiger partial charge on any atom is 0.275 e. The first kappa shape index (κ1) is 23.1. The van der Waals surface area contributed by atoms with Crippen molar-refractivity contribution in [3.63, 3.8) is 0 Å². The van der Waals surface area contributed by atoms with Crippen LogP contribution in [0.2, 0.25) is 0 Å². The van der Waals surface area contributed by atoms with Gasteiger partial charge in [-0.25, -0.2) is 0 Å². The number of para-hydroxylation sites is 1. The van der Waals surface area contributed by atoms with E-state index in [-0.39, 0.29) is 5.95 Å². The van der Waals surface area contributed by atoms with Gasteiger partial charge in [0, 0.05) is 50.6 Å². The third kappa shape index (κ3) is 6.28. The van der Waals surface area contributed by atoms with E-state index in [2.05, 4.69) is 76.5 Å². The Kier molecular flexibility index (Phi) is 7.40. The molecule has 5 rings (SSSR count). The molecule has 0 spiro atoms. The Morgan fingerprint density at radius 1 is 0.829 bits per heavy atom. The highest BCUT2D eigenvalue weighted by Gasteiger charge is 2.17. The van der Waals surface area contributed by atoms with Gasteiger partial charge in [0.2, 0.25) is 11.9 Å². The minimum atomic E-state index is 0.286. The van der Waals surface area contributed by atoms with Crippen LogP contribution in [0, 0.1) is 0 Å². The summed E-state index contributed by atoms with van der Waals surface area (Å²) in [6.07, 6.45) is 0. The van der Waals surface area contributed by atoms with Crippen LogP contribution in [-0.4, -0.2) is 79.4 Å². The number of hydrogen-bond acceptors (Lipinski definition) is 10. The minimum Gasteiger partial charge on any atom is -0.378 e. The zero-order valence-corrected chi connectivity index (χ0v) is 20.0. The second kappa shape index (κ2) is 11.2. The number of rotatable bonds is 7. The molecule has 182 valence electrons. The monoisotopic (exact) mass is 473 g/mol. The van der Waals surface area contributed by atoms with Crippen LogP contribution in [0.25, 0.3) is 0 Å². The maximum atomic E-state index is 5.47. The van der Waals surface area contributed by atoms with Crippen LogP contribution in [0.5, 0.6) is 0 Å². The topological polar surface area (TPSA) is 94.4 Å². The molecule has 1 aromatic heterocycles. The molecule has 0 radical (unpaired) electrons. The zero-order chi connectivity index (χ0) is 23.9. The van der Waals surface area contributed by atoms with Gasteiger partial charge in [-0.1, -0.05) is 30.3 Å². The predicted molar refractivity (Wildman–Crippen MR) is 137 cm³/mol. The third-order valence-electron chi connectivity index (χ3n) is 6.15. The van der Waals surface area contributed by atoms with Gasteiger partial charge in [-0.3, -0.25) is 0 Å². The van der Waals surface area contributed by atoms with Crippen molar-refractivity contribution in [2.75, 3.05) is 74.6 Å². The van der Waals surface area contributed by atoms with Crippen LogP contribution in [0.15, 0.2) is 64.8 Å². The molecule has 0 saturated carbocycles. The number of nitrogens with one attached hydrogen (secondary N) is 1. The molecule has 2 aliphatic rings. The van der Waals surface area contributed by atoms with Crippen LogP contribution in [-0.2, 0) is 11.3 Å². The van der Waals surface area contributed by atoms with Gasteiger partial charge in [-0.05, 0) is 36.9 Å². The number of azo groups is 1. The molecule has 35 heavy (non-hydrogen) atoms. The van der Waals surface area contributed by atoms with Crippen molar-refractivity contribution in [1.29, 1.82) is 0 Å². The molecule has 2 aliphatic heterocycles. The van der Waals surface area contributed by atoms with Gasteiger partial charge in [-0.15, -0.1) is 5.11 Å². The first-order chi connectivity index (χ1) is 17.2. The van der Waals surface area contributed by atoms with Crippen LogP contribution in [0.1, 0.15) is 5.56 Å². The van der Waals surface area contributed by atoms with Crippen molar-refractivity contribution in [3.05, 3.63) is 60.2 Å². The van der Waals surface area contributed by atoms with Gasteiger partial charge in [0.05, 0.1) is 19.8 Å². The van der Waals surface area contributed by atoms with Gasteiger partial charge in [0.15, 0.2) is 0 Å². The van der Waals surface area contributed by atoms with E-state index in [4.69, 9.17) is 4.74 Å². The summed E-state index contributed by atoms with van der Waals surface area (Å²) in [5.41, 5.74) is 3.25. The smallest absolute Gasteiger partial charge is 0.275 e. The molecule has 0 amide bonds. The molecule has 2 saturated heterocycles. The van der Waals surface area contributed by atoms with Crippen LogP contribution in [0.3, 0.4) is 0 Å². The normalized spacial score (nSPS) is 17.2. The highest BCUT2D eigenvalue weighted by molar-refractivity contribution is 5.55. The van der Waals surface area contributed by atoms with Gasteiger partial charge in [0.25, 0.3) is 5.95 Å². The van der Waals surface area contributed by atoms with Crippen molar-refractivity contribution < 1.29 is 4.74 Å². The number of anilines is 4. The van der Waals surface area contributed by atoms with Crippen molar-refractivity contribution in [2.45, 2.75) is 6.54 Å². The molecule has 3 heterocycles. The molecule has 10 nitrogen and oxygen atoms in total. The lowest BCUT2D eigenvalue weighted by atomic mass is 10.2. The molecule has 0 bridgehead atoms. The highest BCUT2D eigenvalue weighted by Crippen LogP contribution is 2.21. The SMILES string of the molecule is CN1CCN(c2ccc(CN=Nc3nc(Nc4ccccc4)nc(N4CCOCC4)n3)cc2)CC1. The number of aromatic nitrogens is 3. The first-order valence-corrected chi connectivity index (χ1v) is 12.0. The average Bonchev–Trinajstić information content (AvgIpc) is 2.91. The number of likely N-dealkylation sites (N-methyl/N-ethyl adjacent to an activating group) is 1. The molecule has 0 unspecified atom stereocenters. The molecule has 2 aromatic carbocycles. The summed E-state index contributed by atoms with van der Waals surface area (Å²) in [5, 5.41) is 12.0. The van der Waals surface area contributed by atoms with E-state index in [9.17, 15) is 0 Å². The Hall–Kier alpha value is -3.63. The molecule has 10 heteroatoms. The number of piperazine rings is 1. The lowest BCUT2D eigenvalue weighted by molar-refractivity contribution is 0.122. The number of nitrogens with zero attached hydrogens (tertiary/aromatic N) is 8. The van der Waals surface area contributed by atoms with E-state index < -0.39 is 0 Å². The largest absolute Gasteiger partial charge is 0.378 e. The van der Waals surface area contributed by atoms with Gasteiger partial charge < -0.3 is 24.8 Å². The van der Waals surface area contributed by atoms with E-state index in [1.165, 1.54) is 5.69 Å². The first-order valence-electron chi connectivity index (χ1n) is 12.0. The van der Waals surface area contributed by atoms with Gasteiger partial charge in [-0.2, -0.15) is 20.1 Å². The third-order valence-corrected chi connectivity index (χ3v) is 6.15. The van der Waals surface area contributed by atoms with E-state index >= 15 is 0 Å². The molecular weight excluding hydrogens is 442 g/mol. The lowest BCUT2D eigenvalue weighted by Crippen LogP contribution is -2.44. The Labute approximate surface area is 205 Å². The van der Waals surface area contributed by atoms with E-state index in [1.807, 2.05) is 30.3 Å². The molecule has 2 fully saturated rings. The predicted octanol–water partition coefficient (Wildman–Crippen LogP) is 3.49.